The van der Waals surface area contributed by atoms with E-state index in [0.29, 0.717) is 13.1 Å². The van der Waals surface area contributed by atoms with Gasteiger partial charge in [-0.15, -0.1) is 0 Å². The third-order valence-electron chi connectivity index (χ3n) is 5.91. The van der Waals surface area contributed by atoms with Crippen molar-refractivity contribution in [3.63, 3.8) is 0 Å². The zero-order valence-corrected chi connectivity index (χ0v) is 19.7. The molecule has 2 aromatic carbocycles. The van der Waals surface area contributed by atoms with Crippen molar-refractivity contribution < 1.29 is 31.5 Å². The highest BCUT2D eigenvalue weighted by molar-refractivity contribution is 7.92. The summed E-state index contributed by atoms with van der Waals surface area (Å²) in [6, 6.07) is 8.82. The first-order chi connectivity index (χ1) is 16.2. The second-order valence-corrected chi connectivity index (χ2v) is 10.3. The molecule has 0 N–H and O–H groups in total. The van der Waals surface area contributed by atoms with Gasteiger partial charge in [0.15, 0.2) is 23.1 Å². The SMILES string of the molecule is CS(=O)(=O)N(CCCC(=O)N1CCN(Cc2ccc3c(c2)OCO3)CC1)c1ccc(F)c(F)c1. The van der Waals surface area contributed by atoms with Gasteiger partial charge >= 0.3 is 0 Å². The van der Waals surface area contributed by atoms with Crippen molar-refractivity contribution in [2.75, 3.05) is 50.1 Å². The molecule has 0 saturated carbocycles. The number of carbonyl (C=O) groups is 1. The van der Waals surface area contributed by atoms with Crippen LogP contribution in [0.25, 0.3) is 0 Å². The number of sulfonamides is 1. The first kappa shape index (κ1) is 24.2. The topological polar surface area (TPSA) is 79.4 Å². The summed E-state index contributed by atoms with van der Waals surface area (Å²) >= 11 is 0. The monoisotopic (exact) mass is 495 g/mol. The Morgan fingerprint density at radius 3 is 2.44 bits per heavy atom. The Morgan fingerprint density at radius 2 is 1.74 bits per heavy atom. The fraction of sp³-hybridized carbons (Fsp3) is 0.435. The summed E-state index contributed by atoms with van der Waals surface area (Å²) < 4.78 is 62.8. The van der Waals surface area contributed by atoms with Crippen molar-refractivity contribution >= 4 is 21.6 Å². The van der Waals surface area contributed by atoms with Gasteiger partial charge in [-0.1, -0.05) is 6.07 Å². The third kappa shape index (κ3) is 5.76. The second-order valence-electron chi connectivity index (χ2n) is 8.38. The number of carbonyl (C=O) groups excluding carboxylic acids is 1. The summed E-state index contributed by atoms with van der Waals surface area (Å²) in [6.45, 7) is 3.61. The van der Waals surface area contributed by atoms with Gasteiger partial charge in [-0.3, -0.25) is 14.0 Å². The number of nitrogens with zero attached hydrogens (tertiary/aromatic N) is 3. The van der Waals surface area contributed by atoms with Crippen molar-refractivity contribution in [3.05, 3.63) is 53.6 Å². The van der Waals surface area contributed by atoms with Crippen LogP contribution in [0.15, 0.2) is 36.4 Å². The van der Waals surface area contributed by atoms with Crippen LogP contribution in [0.3, 0.4) is 0 Å². The molecule has 1 saturated heterocycles. The maximum absolute atomic E-state index is 13.6. The predicted octanol–water partition coefficient (Wildman–Crippen LogP) is 2.58. The minimum absolute atomic E-state index is 0.000273. The van der Waals surface area contributed by atoms with Crippen LogP contribution in [0.2, 0.25) is 0 Å². The average Bonchev–Trinajstić information content (AvgIpc) is 3.26. The number of hydrogen-bond donors (Lipinski definition) is 0. The lowest BCUT2D eigenvalue weighted by Gasteiger charge is -2.35. The van der Waals surface area contributed by atoms with Gasteiger partial charge in [-0.05, 0) is 36.2 Å². The molecule has 0 bridgehead atoms. The van der Waals surface area contributed by atoms with Crippen molar-refractivity contribution in [3.8, 4) is 11.5 Å². The zero-order valence-electron chi connectivity index (χ0n) is 18.9. The molecular formula is C23H27F2N3O5S. The maximum Gasteiger partial charge on any atom is 0.232 e. The van der Waals surface area contributed by atoms with Crippen molar-refractivity contribution in [1.82, 2.24) is 9.80 Å². The fourth-order valence-corrected chi connectivity index (χ4v) is 5.07. The molecule has 0 atom stereocenters. The number of anilines is 1. The van der Waals surface area contributed by atoms with E-state index in [1.165, 1.54) is 6.07 Å². The van der Waals surface area contributed by atoms with Crippen LogP contribution in [0, 0.1) is 11.6 Å². The molecule has 0 spiro atoms. The molecule has 4 rings (SSSR count). The van der Waals surface area contributed by atoms with Gasteiger partial charge in [0, 0.05) is 51.8 Å². The number of fused-ring (bicyclic) bond motifs is 1. The van der Waals surface area contributed by atoms with Gasteiger partial charge in [0.25, 0.3) is 0 Å². The van der Waals surface area contributed by atoms with E-state index in [1.807, 2.05) is 18.2 Å². The van der Waals surface area contributed by atoms with Crippen molar-refractivity contribution in [2.45, 2.75) is 19.4 Å². The van der Waals surface area contributed by atoms with Crippen LogP contribution in [-0.4, -0.2) is 69.9 Å². The number of hydrogen-bond acceptors (Lipinski definition) is 6. The Balaban J connectivity index is 1.25. The van der Waals surface area contributed by atoms with Gasteiger partial charge in [0.2, 0.25) is 22.7 Å². The normalized spacial score (nSPS) is 16.0. The highest BCUT2D eigenvalue weighted by Crippen LogP contribution is 2.33. The molecule has 0 aromatic heterocycles. The summed E-state index contributed by atoms with van der Waals surface area (Å²) in [5.74, 6) is -0.733. The predicted molar refractivity (Wildman–Crippen MR) is 122 cm³/mol. The minimum Gasteiger partial charge on any atom is -0.454 e. The molecule has 184 valence electrons. The highest BCUT2D eigenvalue weighted by atomic mass is 32.2. The van der Waals surface area contributed by atoms with E-state index in [4.69, 9.17) is 9.47 Å². The number of ether oxygens (including phenoxy) is 2. The molecule has 0 radical (unpaired) electrons. The molecule has 1 amide bonds. The van der Waals surface area contributed by atoms with Crippen LogP contribution in [-0.2, 0) is 21.4 Å². The van der Waals surface area contributed by atoms with Crippen molar-refractivity contribution in [1.29, 1.82) is 0 Å². The van der Waals surface area contributed by atoms with Gasteiger partial charge in [0.1, 0.15) is 0 Å². The molecule has 2 aromatic rings. The Bertz CT molecular complexity index is 1150. The lowest BCUT2D eigenvalue weighted by molar-refractivity contribution is -0.133. The number of benzene rings is 2. The van der Waals surface area contributed by atoms with Crippen LogP contribution in [0.4, 0.5) is 14.5 Å². The summed E-state index contributed by atoms with van der Waals surface area (Å²) in [7, 11) is -3.72. The number of rotatable bonds is 8. The molecule has 2 heterocycles. The molecule has 1 fully saturated rings. The Hall–Kier alpha value is -2.92. The van der Waals surface area contributed by atoms with Gasteiger partial charge in [-0.25, -0.2) is 17.2 Å². The van der Waals surface area contributed by atoms with E-state index in [1.54, 1.807) is 4.90 Å². The van der Waals surface area contributed by atoms with Gasteiger partial charge in [-0.2, -0.15) is 0 Å². The van der Waals surface area contributed by atoms with E-state index in [2.05, 4.69) is 4.90 Å². The smallest absolute Gasteiger partial charge is 0.232 e. The molecule has 0 unspecified atom stereocenters. The molecule has 11 heteroatoms. The lowest BCUT2D eigenvalue weighted by Crippen LogP contribution is -2.48. The lowest BCUT2D eigenvalue weighted by atomic mass is 10.1. The molecule has 2 aliphatic rings. The minimum atomic E-state index is -3.72. The maximum atomic E-state index is 13.6. The standard InChI is InChI=1S/C23H27F2N3O5S/c1-34(30,31)28(18-5-6-19(24)20(25)14-18)8-2-3-23(29)27-11-9-26(10-12-27)15-17-4-7-21-22(13-17)33-16-32-21/h4-7,13-14H,2-3,8-12,15-16H2,1H3. The first-order valence-electron chi connectivity index (χ1n) is 11.0. The zero-order chi connectivity index (χ0) is 24.3. The number of piperazine rings is 1. The molecular weight excluding hydrogens is 468 g/mol. The second kappa shape index (κ2) is 10.1. The van der Waals surface area contributed by atoms with E-state index < -0.39 is 21.7 Å². The summed E-state index contributed by atoms with van der Waals surface area (Å²) in [4.78, 5) is 16.7. The molecule has 0 aliphatic carbocycles. The van der Waals surface area contributed by atoms with Crippen molar-refractivity contribution in [2.24, 2.45) is 0 Å². The van der Waals surface area contributed by atoms with E-state index >= 15 is 0 Å². The number of amides is 1. The first-order valence-corrected chi connectivity index (χ1v) is 12.9. The van der Waals surface area contributed by atoms with Crippen LogP contribution in [0.5, 0.6) is 11.5 Å². The molecule has 34 heavy (non-hydrogen) atoms. The van der Waals surface area contributed by atoms with Crippen LogP contribution < -0.4 is 13.8 Å². The van der Waals surface area contributed by atoms with E-state index in [0.717, 1.165) is 59.4 Å². The highest BCUT2D eigenvalue weighted by Gasteiger charge is 2.23. The summed E-state index contributed by atoms with van der Waals surface area (Å²) in [6.07, 6.45) is 1.43. The quantitative estimate of drug-likeness (QED) is 0.560. The Morgan fingerprint density at radius 1 is 1.00 bits per heavy atom. The Kier molecular flexibility index (Phi) is 7.22. The fourth-order valence-electron chi connectivity index (χ4n) is 4.11. The van der Waals surface area contributed by atoms with E-state index in [-0.39, 0.29) is 37.8 Å². The summed E-state index contributed by atoms with van der Waals surface area (Å²) in [5, 5.41) is 0. The van der Waals surface area contributed by atoms with Gasteiger partial charge in [0.05, 0.1) is 11.9 Å². The average molecular weight is 496 g/mol. The van der Waals surface area contributed by atoms with Crippen LogP contribution in [0.1, 0.15) is 18.4 Å². The molecule has 2 aliphatic heterocycles. The van der Waals surface area contributed by atoms with Crippen LogP contribution >= 0.6 is 0 Å². The summed E-state index contributed by atoms with van der Waals surface area (Å²) in [5.41, 5.74) is 1.15. The van der Waals surface area contributed by atoms with Gasteiger partial charge < -0.3 is 14.4 Å². The molecule has 8 nitrogen and oxygen atoms in total. The largest absolute Gasteiger partial charge is 0.454 e. The third-order valence-corrected chi connectivity index (χ3v) is 7.11. The Labute approximate surface area is 197 Å². The van der Waals surface area contributed by atoms with E-state index in [9.17, 15) is 22.0 Å². The number of halogens is 2.